The van der Waals surface area contributed by atoms with Crippen molar-refractivity contribution < 1.29 is 41.5 Å². The fourth-order valence-electron chi connectivity index (χ4n) is 6.76. The molecule has 0 saturated heterocycles. The molecule has 6 unspecified atom stereocenters. The summed E-state index contributed by atoms with van der Waals surface area (Å²) in [6.45, 7) is 0. The molecule has 4 aliphatic carbocycles. The van der Waals surface area contributed by atoms with Crippen LogP contribution in [0.4, 0.5) is 8.78 Å². The molecule has 0 radical (unpaired) electrons. The second kappa shape index (κ2) is 6.83. The van der Waals surface area contributed by atoms with Crippen molar-refractivity contribution in [1.82, 2.24) is 0 Å². The lowest BCUT2D eigenvalue weighted by Crippen LogP contribution is -2.49. The lowest BCUT2D eigenvalue weighted by Gasteiger charge is -2.43. The molecule has 0 aliphatic heterocycles. The molecular weight excluding hydrogens is 410 g/mol. The number of esters is 1. The number of hydrogen-bond donors (Lipinski definition) is 3. The average Bonchev–Trinajstić information content (AvgIpc) is 3.29. The fraction of sp³-hybridized carbons (Fsp3) is 0.947. The molecule has 29 heavy (non-hydrogen) atoms. The van der Waals surface area contributed by atoms with Crippen LogP contribution in [-0.4, -0.2) is 51.7 Å². The highest BCUT2D eigenvalue weighted by Gasteiger charge is 2.62. The molecule has 3 N–H and O–H groups in total. The van der Waals surface area contributed by atoms with E-state index in [0.717, 1.165) is 25.7 Å². The molecule has 10 heteroatoms. The van der Waals surface area contributed by atoms with Crippen molar-refractivity contribution in [3.63, 3.8) is 0 Å². The Labute approximate surface area is 168 Å². The summed E-state index contributed by atoms with van der Waals surface area (Å²) in [5, 5.41) is 17.6. The Morgan fingerprint density at radius 1 is 1.00 bits per heavy atom. The van der Waals surface area contributed by atoms with Gasteiger partial charge in [-0.2, -0.15) is 17.2 Å². The van der Waals surface area contributed by atoms with Gasteiger partial charge < -0.3 is 14.9 Å². The van der Waals surface area contributed by atoms with Crippen LogP contribution in [0.15, 0.2) is 0 Å². The molecule has 6 atom stereocenters. The highest BCUT2D eigenvalue weighted by Crippen LogP contribution is 2.60. The van der Waals surface area contributed by atoms with E-state index in [2.05, 4.69) is 0 Å². The summed E-state index contributed by atoms with van der Waals surface area (Å²) in [6, 6.07) is 0. The minimum Gasteiger partial charge on any atom is -0.457 e. The highest BCUT2D eigenvalue weighted by molar-refractivity contribution is 7.87. The quantitative estimate of drug-likeness (QED) is 0.455. The number of rotatable bonds is 4. The third-order valence-corrected chi connectivity index (χ3v) is 8.86. The van der Waals surface area contributed by atoms with Crippen molar-refractivity contribution in [3.05, 3.63) is 0 Å². The number of carbonyl (C=O) groups is 1. The first-order valence-corrected chi connectivity index (χ1v) is 11.8. The van der Waals surface area contributed by atoms with Gasteiger partial charge in [-0.3, -0.25) is 4.55 Å². The van der Waals surface area contributed by atoms with E-state index in [0.29, 0.717) is 32.1 Å². The average molecular weight is 438 g/mol. The maximum absolute atomic E-state index is 13.7. The Hall–Kier alpha value is -0.840. The van der Waals surface area contributed by atoms with Crippen LogP contribution < -0.4 is 0 Å². The number of fused-ring (bicyclic) bond motifs is 4. The van der Waals surface area contributed by atoms with Crippen molar-refractivity contribution in [2.45, 2.75) is 86.8 Å². The molecule has 4 rings (SSSR count). The summed E-state index contributed by atoms with van der Waals surface area (Å²) in [5.74, 6) is -3.22. The zero-order valence-electron chi connectivity index (χ0n) is 16.1. The molecule has 2 bridgehead atoms. The summed E-state index contributed by atoms with van der Waals surface area (Å²) in [7, 11) is -5.94. The van der Waals surface area contributed by atoms with E-state index >= 15 is 0 Å². The predicted octanol–water partition coefficient (Wildman–Crippen LogP) is 2.26. The standard InChI is InChI=1S/C19H28F2O7S/c20-19(21,29(25,26)27)16(22)28-15-9-11-8-12(15)14(17(23)5-1-2-6-17)10-18(24)7-3-4-13(11)18/h11-15,23-24H,1-10H2,(H,25,26,27). The summed E-state index contributed by atoms with van der Waals surface area (Å²) in [6.07, 6.45) is 5.17. The number of hydrogen-bond acceptors (Lipinski definition) is 6. The molecule has 4 fully saturated rings. The van der Waals surface area contributed by atoms with Crippen LogP contribution >= 0.6 is 0 Å². The number of halogens is 2. The Bertz CT molecular complexity index is 779. The zero-order chi connectivity index (χ0) is 21.2. The van der Waals surface area contributed by atoms with Gasteiger partial charge in [-0.25, -0.2) is 4.79 Å². The van der Waals surface area contributed by atoms with E-state index in [1.54, 1.807) is 0 Å². The van der Waals surface area contributed by atoms with Gasteiger partial charge in [0.2, 0.25) is 0 Å². The molecule has 0 heterocycles. The van der Waals surface area contributed by atoms with Gasteiger partial charge in [0.15, 0.2) is 0 Å². The fourth-order valence-corrected chi connectivity index (χ4v) is 7.02. The van der Waals surface area contributed by atoms with Crippen LogP contribution in [0.1, 0.15) is 64.2 Å². The maximum Gasteiger partial charge on any atom is 0.465 e. The van der Waals surface area contributed by atoms with Crippen molar-refractivity contribution >= 4 is 16.1 Å². The highest BCUT2D eigenvalue weighted by atomic mass is 32.2. The largest absolute Gasteiger partial charge is 0.465 e. The van der Waals surface area contributed by atoms with Crippen LogP contribution in [0, 0.1) is 23.7 Å². The number of alkyl halides is 2. The zero-order valence-corrected chi connectivity index (χ0v) is 16.9. The third-order valence-electron chi connectivity index (χ3n) is 8.04. The van der Waals surface area contributed by atoms with E-state index in [1.165, 1.54) is 0 Å². The van der Waals surface area contributed by atoms with Crippen LogP contribution in [0.5, 0.6) is 0 Å². The summed E-state index contributed by atoms with van der Waals surface area (Å²) in [4.78, 5) is 11.9. The van der Waals surface area contributed by atoms with Gasteiger partial charge in [0.05, 0.1) is 11.2 Å². The molecule has 4 saturated carbocycles. The number of carbonyl (C=O) groups excluding carboxylic acids is 1. The van der Waals surface area contributed by atoms with Crippen molar-refractivity contribution in [3.8, 4) is 0 Å². The second-order valence-electron chi connectivity index (χ2n) is 9.55. The van der Waals surface area contributed by atoms with Crippen LogP contribution in [0.2, 0.25) is 0 Å². The van der Waals surface area contributed by atoms with E-state index in [1.807, 2.05) is 0 Å². The lowest BCUT2D eigenvalue weighted by molar-refractivity contribution is -0.175. The van der Waals surface area contributed by atoms with Gasteiger partial charge in [0, 0.05) is 5.92 Å². The van der Waals surface area contributed by atoms with Gasteiger partial charge in [-0.05, 0) is 62.7 Å². The monoisotopic (exact) mass is 438 g/mol. The SMILES string of the molecule is O=C(OC1CC2CC1C(C1(O)CCCC1)CC1(O)CCCC21)C(F)(F)S(=O)(=O)O. The molecule has 166 valence electrons. The molecule has 0 aromatic rings. The van der Waals surface area contributed by atoms with Crippen LogP contribution in [0.3, 0.4) is 0 Å². The smallest absolute Gasteiger partial charge is 0.457 e. The van der Waals surface area contributed by atoms with Gasteiger partial charge in [0.25, 0.3) is 0 Å². The van der Waals surface area contributed by atoms with Gasteiger partial charge in [-0.15, -0.1) is 0 Å². The minimum atomic E-state index is -5.94. The molecule has 4 aliphatic rings. The lowest BCUT2D eigenvalue weighted by atomic mass is 9.69. The van der Waals surface area contributed by atoms with Crippen molar-refractivity contribution in [2.75, 3.05) is 0 Å². The van der Waals surface area contributed by atoms with E-state index < -0.39 is 50.5 Å². The van der Waals surface area contributed by atoms with E-state index in [9.17, 15) is 32.2 Å². The normalized spacial score (nSPS) is 41.8. The van der Waals surface area contributed by atoms with E-state index in [4.69, 9.17) is 9.29 Å². The minimum absolute atomic E-state index is 0.0420. The first-order valence-electron chi connectivity index (χ1n) is 10.4. The van der Waals surface area contributed by atoms with Gasteiger partial charge in [-0.1, -0.05) is 19.3 Å². The van der Waals surface area contributed by atoms with Crippen molar-refractivity contribution in [2.24, 2.45) is 23.7 Å². The first kappa shape index (κ1) is 21.4. The van der Waals surface area contributed by atoms with Gasteiger partial charge in [0.1, 0.15) is 6.10 Å². The molecule has 0 spiro atoms. The predicted molar refractivity (Wildman–Crippen MR) is 96.4 cm³/mol. The number of ether oxygens (including phenoxy) is 1. The molecule has 7 nitrogen and oxygen atoms in total. The Morgan fingerprint density at radius 2 is 1.62 bits per heavy atom. The second-order valence-corrected chi connectivity index (χ2v) is 11.0. The summed E-state index contributed by atoms with van der Waals surface area (Å²) in [5.41, 5.74) is -1.96. The topological polar surface area (TPSA) is 121 Å². The first-order chi connectivity index (χ1) is 13.4. The van der Waals surface area contributed by atoms with E-state index in [-0.39, 0.29) is 18.3 Å². The molecule has 0 aromatic carbocycles. The molecule has 0 aromatic heterocycles. The van der Waals surface area contributed by atoms with Crippen LogP contribution in [0.25, 0.3) is 0 Å². The summed E-state index contributed by atoms with van der Waals surface area (Å²) >= 11 is 0. The Morgan fingerprint density at radius 3 is 2.24 bits per heavy atom. The third kappa shape index (κ3) is 3.40. The maximum atomic E-state index is 13.7. The molecular formula is C19H28F2O7S. The van der Waals surface area contributed by atoms with Crippen molar-refractivity contribution in [1.29, 1.82) is 0 Å². The van der Waals surface area contributed by atoms with Crippen LogP contribution in [-0.2, 0) is 19.6 Å². The number of aliphatic hydroxyl groups is 2. The Balaban J connectivity index is 1.64. The Kier molecular flexibility index (Phi) is 5.04. The molecule has 0 amide bonds. The van der Waals surface area contributed by atoms with Gasteiger partial charge >= 0.3 is 21.3 Å². The summed E-state index contributed by atoms with van der Waals surface area (Å²) < 4.78 is 63.0.